The maximum absolute atomic E-state index is 11.4. The van der Waals surface area contributed by atoms with E-state index >= 15 is 0 Å². The minimum absolute atomic E-state index is 0.0280. The molecule has 0 aliphatic carbocycles. The van der Waals surface area contributed by atoms with Gasteiger partial charge in [-0.15, -0.1) is 0 Å². The van der Waals surface area contributed by atoms with Crippen LogP contribution in [-0.4, -0.2) is 28.2 Å². The minimum atomic E-state index is 0.0280. The fourth-order valence-electron chi connectivity index (χ4n) is 1.48. The Kier molecular flexibility index (Phi) is 3.93. The van der Waals surface area contributed by atoms with Gasteiger partial charge in [0.2, 0.25) is 5.91 Å². The maximum atomic E-state index is 11.4. The van der Waals surface area contributed by atoms with E-state index < -0.39 is 0 Å². The molecule has 0 saturated heterocycles. The quantitative estimate of drug-likeness (QED) is 0.662. The average Bonchev–Trinajstić information content (AvgIpc) is 2.36. The number of aromatic nitrogens is 2. The molecule has 0 aliphatic heterocycles. The van der Waals surface area contributed by atoms with E-state index in [1.54, 1.807) is 0 Å². The van der Waals surface area contributed by atoms with Crippen molar-refractivity contribution in [3.8, 4) is 0 Å². The Hall–Kier alpha value is -1.62. The normalized spacial score (nSPS) is 10.4. The lowest BCUT2D eigenvalue weighted by molar-refractivity contribution is -0.118. The molecule has 0 radical (unpaired) electrons. The molecule has 17 heavy (non-hydrogen) atoms. The van der Waals surface area contributed by atoms with E-state index in [4.69, 9.17) is 0 Å². The monoisotopic (exact) mass is 247 g/mol. The second-order valence-electron chi connectivity index (χ2n) is 3.44. The van der Waals surface area contributed by atoms with Crippen LogP contribution in [0.4, 0.5) is 0 Å². The number of nitrogens with one attached hydrogen (secondary N) is 1. The Bertz CT molecular complexity index is 525. The Morgan fingerprint density at radius 2 is 2.18 bits per heavy atom. The largest absolute Gasteiger partial charge is 0.356 e. The molecule has 0 aliphatic rings. The zero-order chi connectivity index (χ0) is 12.1. The molecule has 0 atom stereocenters. The van der Waals surface area contributed by atoms with E-state index in [0.717, 1.165) is 15.9 Å². The van der Waals surface area contributed by atoms with Crippen molar-refractivity contribution in [1.82, 2.24) is 15.3 Å². The number of hydrogen-bond donors (Lipinski definition) is 1. The SMILES string of the molecule is CCNC(=O)CSc1ncnc2ccccc12. The lowest BCUT2D eigenvalue weighted by atomic mass is 10.2. The third-order valence-electron chi connectivity index (χ3n) is 2.22. The van der Waals surface area contributed by atoms with Gasteiger partial charge in [-0.2, -0.15) is 0 Å². The minimum Gasteiger partial charge on any atom is -0.356 e. The number of rotatable bonds is 4. The van der Waals surface area contributed by atoms with Gasteiger partial charge in [0.25, 0.3) is 0 Å². The first-order chi connectivity index (χ1) is 8.31. The van der Waals surface area contributed by atoms with Crippen LogP contribution in [0, 0.1) is 0 Å². The van der Waals surface area contributed by atoms with E-state index in [1.807, 2.05) is 31.2 Å². The van der Waals surface area contributed by atoms with Crippen LogP contribution >= 0.6 is 11.8 Å². The molecular weight excluding hydrogens is 234 g/mol. The van der Waals surface area contributed by atoms with Crippen molar-refractivity contribution in [1.29, 1.82) is 0 Å². The highest BCUT2D eigenvalue weighted by atomic mass is 32.2. The summed E-state index contributed by atoms with van der Waals surface area (Å²) in [7, 11) is 0. The third kappa shape index (κ3) is 2.94. The van der Waals surface area contributed by atoms with E-state index in [2.05, 4.69) is 15.3 Å². The standard InChI is InChI=1S/C12H13N3OS/c1-2-13-11(16)7-17-12-9-5-3-4-6-10(9)14-8-15-12/h3-6,8H,2,7H2,1H3,(H,13,16). The van der Waals surface area contributed by atoms with E-state index in [0.29, 0.717) is 12.3 Å². The Morgan fingerprint density at radius 3 is 3.00 bits per heavy atom. The highest BCUT2D eigenvalue weighted by Crippen LogP contribution is 2.23. The molecular formula is C12H13N3OS. The van der Waals surface area contributed by atoms with E-state index in [1.165, 1.54) is 18.1 Å². The van der Waals surface area contributed by atoms with Crippen LogP contribution in [0.3, 0.4) is 0 Å². The van der Waals surface area contributed by atoms with Crippen molar-refractivity contribution < 1.29 is 4.79 Å². The van der Waals surface area contributed by atoms with Crippen LogP contribution in [0.1, 0.15) is 6.92 Å². The van der Waals surface area contributed by atoms with Crippen LogP contribution in [0.5, 0.6) is 0 Å². The maximum Gasteiger partial charge on any atom is 0.230 e. The molecule has 1 amide bonds. The lowest BCUT2D eigenvalue weighted by Crippen LogP contribution is -2.24. The average molecular weight is 247 g/mol. The van der Waals surface area contributed by atoms with Crippen LogP contribution in [0.2, 0.25) is 0 Å². The number of carbonyl (C=O) groups is 1. The Balaban J connectivity index is 2.16. The van der Waals surface area contributed by atoms with Gasteiger partial charge in [-0.1, -0.05) is 30.0 Å². The van der Waals surface area contributed by atoms with Crippen LogP contribution < -0.4 is 5.32 Å². The highest BCUT2D eigenvalue weighted by Gasteiger charge is 2.06. The van der Waals surface area contributed by atoms with Gasteiger partial charge in [0.1, 0.15) is 11.4 Å². The zero-order valence-corrected chi connectivity index (χ0v) is 10.3. The van der Waals surface area contributed by atoms with Gasteiger partial charge in [-0.25, -0.2) is 9.97 Å². The van der Waals surface area contributed by atoms with Gasteiger partial charge >= 0.3 is 0 Å². The number of para-hydroxylation sites is 1. The number of amides is 1. The summed E-state index contributed by atoms with van der Waals surface area (Å²) in [5, 5.41) is 4.60. The molecule has 0 spiro atoms. The van der Waals surface area contributed by atoms with Crippen LogP contribution in [0.25, 0.3) is 10.9 Å². The molecule has 5 heteroatoms. The smallest absolute Gasteiger partial charge is 0.230 e. The molecule has 0 fully saturated rings. The van der Waals surface area contributed by atoms with Crippen LogP contribution in [0.15, 0.2) is 35.6 Å². The Morgan fingerprint density at radius 1 is 1.35 bits per heavy atom. The summed E-state index contributed by atoms with van der Waals surface area (Å²) in [6.07, 6.45) is 1.53. The second kappa shape index (κ2) is 5.63. The van der Waals surface area contributed by atoms with Crippen LogP contribution in [-0.2, 0) is 4.79 Å². The molecule has 0 saturated carbocycles. The molecule has 0 bridgehead atoms. The fourth-order valence-corrected chi connectivity index (χ4v) is 2.30. The number of benzene rings is 1. The molecule has 1 heterocycles. The number of nitrogens with zero attached hydrogens (tertiary/aromatic N) is 2. The predicted octanol–water partition coefficient (Wildman–Crippen LogP) is 1.86. The highest BCUT2D eigenvalue weighted by molar-refractivity contribution is 8.00. The van der Waals surface area contributed by atoms with Gasteiger partial charge in [-0.05, 0) is 13.0 Å². The molecule has 1 aromatic heterocycles. The number of carbonyl (C=O) groups excluding carboxylic acids is 1. The van der Waals surface area contributed by atoms with Gasteiger partial charge in [-0.3, -0.25) is 4.79 Å². The van der Waals surface area contributed by atoms with Gasteiger partial charge in [0.05, 0.1) is 11.3 Å². The van der Waals surface area contributed by atoms with E-state index in [9.17, 15) is 4.79 Å². The summed E-state index contributed by atoms with van der Waals surface area (Å²) in [5.74, 6) is 0.412. The van der Waals surface area contributed by atoms with Crippen molar-refractivity contribution >= 4 is 28.6 Å². The molecule has 2 rings (SSSR count). The molecule has 1 N–H and O–H groups in total. The van der Waals surface area contributed by atoms with Crippen molar-refractivity contribution in [3.63, 3.8) is 0 Å². The number of fused-ring (bicyclic) bond motifs is 1. The van der Waals surface area contributed by atoms with Gasteiger partial charge in [0, 0.05) is 11.9 Å². The van der Waals surface area contributed by atoms with E-state index in [-0.39, 0.29) is 5.91 Å². The summed E-state index contributed by atoms with van der Waals surface area (Å²) in [6, 6.07) is 7.79. The zero-order valence-electron chi connectivity index (χ0n) is 9.51. The Labute approximate surface area is 104 Å². The third-order valence-corrected chi connectivity index (χ3v) is 3.23. The second-order valence-corrected chi connectivity index (χ2v) is 4.40. The summed E-state index contributed by atoms with van der Waals surface area (Å²) in [5.41, 5.74) is 0.904. The van der Waals surface area contributed by atoms with Crippen molar-refractivity contribution in [2.45, 2.75) is 11.9 Å². The number of thioether (sulfide) groups is 1. The number of hydrogen-bond acceptors (Lipinski definition) is 4. The van der Waals surface area contributed by atoms with Crippen molar-refractivity contribution in [2.75, 3.05) is 12.3 Å². The summed E-state index contributed by atoms with van der Waals surface area (Å²) in [4.78, 5) is 19.8. The molecule has 88 valence electrons. The lowest BCUT2D eigenvalue weighted by Gasteiger charge is -2.04. The van der Waals surface area contributed by atoms with Crippen molar-refractivity contribution in [2.24, 2.45) is 0 Å². The summed E-state index contributed by atoms with van der Waals surface area (Å²) >= 11 is 1.43. The predicted molar refractivity (Wildman–Crippen MR) is 68.9 cm³/mol. The first kappa shape index (κ1) is 11.9. The molecule has 2 aromatic rings. The fraction of sp³-hybridized carbons (Fsp3) is 0.250. The van der Waals surface area contributed by atoms with Gasteiger partial charge < -0.3 is 5.32 Å². The van der Waals surface area contributed by atoms with Gasteiger partial charge in [0.15, 0.2) is 0 Å². The molecule has 4 nitrogen and oxygen atoms in total. The molecule has 1 aromatic carbocycles. The first-order valence-electron chi connectivity index (χ1n) is 5.40. The summed E-state index contributed by atoms with van der Waals surface area (Å²) < 4.78 is 0. The topological polar surface area (TPSA) is 54.9 Å². The van der Waals surface area contributed by atoms with Crippen molar-refractivity contribution in [3.05, 3.63) is 30.6 Å². The first-order valence-corrected chi connectivity index (χ1v) is 6.39. The summed E-state index contributed by atoms with van der Waals surface area (Å²) in [6.45, 7) is 2.56. The molecule has 0 unspecified atom stereocenters.